The molecule has 0 aliphatic carbocycles. The highest BCUT2D eigenvalue weighted by atomic mass is 35.5. The first-order valence-electron chi connectivity index (χ1n) is 4.14. The van der Waals surface area contributed by atoms with E-state index >= 15 is 0 Å². The molecule has 0 fully saturated rings. The molecule has 0 aromatic carbocycles. The van der Waals surface area contributed by atoms with Crippen LogP contribution in [0.25, 0.3) is 0 Å². The lowest BCUT2D eigenvalue weighted by Crippen LogP contribution is -2.06. The van der Waals surface area contributed by atoms with Gasteiger partial charge in [0, 0.05) is 6.20 Å². The number of hydrogen-bond donors (Lipinski definition) is 0. The van der Waals surface area contributed by atoms with Crippen molar-refractivity contribution < 1.29 is 9.53 Å². The fourth-order valence-electron chi connectivity index (χ4n) is 0.836. The molecular weight excluding hydrogens is 202 g/mol. The third-order valence-corrected chi connectivity index (χ3v) is 1.83. The van der Waals surface area contributed by atoms with E-state index in [1.807, 2.05) is 6.92 Å². The third kappa shape index (κ3) is 2.85. The van der Waals surface area contributed by atoms with Gasteiger partial charge in [-0.3, -0.25) is 0 Å². The molecule has 0 amide bonds. The molecule has 1 heterocycles. The molecule has 0 N–H and O–H groups in total. The summed E-state index contributed by atoms with van der Waals surface area (Å²) in [5.41, 5.74) is 0.290. The van der Waals surface area contributed by atoms with Crippen LogP contribution in [0.1, 0.15) is 17.3 Å². The molecule has 0 bridgehead atoms. The van der Waals surface area contributed by atoms with Crippen molar-refractivity contribution >= 4 is 17.6 Å². The Hall–Kier alpha value is -1.35. The number of hydrogen-bond acceptors (Lipinski definition) is 3. The molecule has 3 nitrogen and oxygen atoms in total. The molecule has 0 radical (unpaired) electrons. The van der Waals surface area contributed by atoms with Crippen LogP contribution in [0.4, 0.5) is 0 Å². The SMILES string of the molecule is C/C=C/COC(=O)c1cccnc1Cl. The van der Waals surface area contributed by atoms with Crippen LogP contribution < -0.4 is 0 Å². The van der Waals surface area contributed by atoms with E-state index < -0.39 is 5.97 Å². The maximum Gasteiger partial charge on any atom is 0.341 e. The topological polar surface area (TPSA) is 39.2 Å². The quantitative estimate of drug-likeness (QED) is 0.438. The van der Waals surface area contributed by atoms with Crippen molar-refractivity contribution in [3.63, 3.8) is 0 Å². The molecule has 0 saturated heterocycles. The number of aromatic nitrogens is 1. The number of carbonyl (C=O) groups excluding carboxylic acids is 1. The van der Waals surface area contributed by atoms with Crippen molar-refractivity contribution in [3.8, 4) is 0 Å². The third-order valence-electron chi connectivity index (χ3n) is 1.53. The van der Waals surface area contributed by atoms with Gasteiger partial charge >= 0.3 is 5.97 Å². The molecule has 0 atom stereocenters. The molecule has 0 aliphatic heterocycles. The molecule has 0 aliphatic rings. The van der Waals surface area contributed by atoms with Gasteiger partial charge in [-0.25, -0.2) is 9.78 Å². The number of esters is 1. The largest absolute Gasteiger partial charge is 0.458 e. The maximum absolute atomic E-state index is 11.4. The molecule has 0 saturated carbocycles. The summed E-state index contributed by atoms with van der Waals surface area (Å²) in [6.07, 6.45) is 5.06. The van der Waals surface area contributed by atoms with E-state index in [1.54, 1.807) is 24.3 Å². The van der Waals surface area contributed by atoms with Crippen molar-refractivity contribution in [3.05, 3.63) is 41.2 Å². The number of pyridine rings is 1. The maximum atomic E-state index is 11.4. The van der Waals surface area contributed by atoms with E-state index in [1.165, 1.54) is 6.20 Å². The smallest absolute Gasteiger partial charge is 0.341 e. The summed E-state index contributed by atoms with van der Waals surface area (Å²) in [5, 5.41) is 0.165. The normalized spacial score (nSPS) is 10.4. The highest BCUT2D eigenvalue weighted by molar-refractivity contribution is 6.32. The van der Waals surface area contributed by atoms with Gasteiger partial charge in [0.15, 0.2) is 0 Å². The Morgan fingerprint density at radius 2 is 2.50 bits per heavy atom. The minimum Gasteiger partial charge on any atom is -0.458 e. The zero-order valence-corrected chi connectivity index (χ0v) is 8.49. The summed E-state index contributed by atoms with van der Waals surface area (Å²) in [7, 11) is 0. The Morgan fingerprint density at radius 1 is 1.71 bits per heavy atom. The van der Waals surface area contributed by atoms with Gasteiger partial charge in [-0.1, -0.05) is 23.8 Å². The molecule has 0 unspecified atom stereocenters. The molecule has 0 spiro atoms. The Morgan fingerprint density at radius 3 is 3.14 bits per heavy atom. The Bertz CT molecular complexity index is 350. The van der Waals surface area contributed by atoms with Crippen LogP contribution in [0.3, 0.4) is 0 Å². The number of ether oxygens (including phenoxy) is 1. The average Bonchev–Trinajstić information content (AvgIpc) is 2.18. The first kappa shape index (κ1) is 10.7. The van der Waals surface area contributed by atoms with E-state index in [-0.39, 0.29) is 11.8 Å². The predicted octanol–water partition coefficient (Wildman–Crippen LogP) is 2.47. The highest BCUT2D eigenvalue weighted by Gasteiger charge is 2.10. The highest BCUT2D eigenvalue weighted by Crippen LogP contribution is 2.12. The summed E-state index contributed by atoms with van der Waals surface area (Å²) in [6, 6.07) is 3.21. The summed E-state index contributed by atoms with van der Waals surface area (Å²) in [6.45, 7) is 2.10. The van der Waals surface area contributed by atoms with Crippen molar-refractivity contribution in [2.45, 2.75) is 6.92 Å². The zero-order valence-electron chi connectivity index (χ0n) is 7.74. The minimum absolute atomic E-state index is 0.165. The van der Waals surface area contributed by atoms with E-state index in [2.05, 4.69) is 4.98 Å². The number of allylic oxidation sites excluding steroid dienone is 1. The van der Waals surface area contributed by atoms with Gasteiger partial charge in [0.05, 0.1) is 5.56 Å². The fraction of sp³-hybridized carbons (Fsp3) is 0.200. The second-order valence-corrected chi connectivity index (χ2v) is 2.87. The molecule has 1 aromatic heterocycles. The minimum atomic E-state index is -0.457. The second-order valence-electron chi connectivity index (χ2n) is 2.51. The Balaban J connectivity index is 2.65. The Kier molecular flexibility index (Phi) is 4.13. The van der Waals surface area contributed by atoms with Gasteiger partial charge in [0.1, 0.15) is 11.8 Å². The van der Waals surface area contributed by atoms with Gasteiger partial charge in [-0.15, -0.1) is 0 Å². The van der Waals surface area contributed by atoms with Gasteiger partial charge in [-0.05, 0) is 19.1 Å². The van der Waals surface area contributed by atoms with Gasteiger partial charge < -0.3 is 4.74 Å². The van der Waals surface area contributed by atoms with Gasteiger partial charge in [0.2, 0.25) is 0 Å². The predicted molar refractivity (Wildman–Crippen MR) is 54.3 cm³/mol. The fourth-order valence-corrected chi connectivity index (χ4v) is 1.03. The lowest BCUT2D eigenvalue weighted by Gasteiger charge is -2.02. The van der Waals surface area contributed by atoms with Gasteiger partial charge in [-0.2, -0.15) is 0 Å². The average molecular weight is 212 g/mol. The number of nitrogens with zero attached hydrogens (tertiary/aromatic N) is 1. The first-order valence-corrected chi connectivity index (χ1v) is 4.52. The summed E-state index contributed by atoms with van der Waals surface area (Å²) < 4.78 is 4.90. The van der Waals surface area contributed by atoms with Crippen LogP contribution in [0.2, 0.25) is 5.15 Å². The lowest BCUT2D eigenvalue weighted by atomic mass is 10.3. The standard InChI is InChI=1S/C10H10ClNO2/c1-2-3-7-14-10(13)8-5-4-6-12-9(8)11/h2-6H,7H2,1H3/b3-2+. The number of halogens is 1. The van der Waals surface area contributed by atoms with E-state index in [9.17, 15) is 4.79 Å². The molecule has 74 valence electrons. The van der Waals surface area contributed by atoms with E-state index in [0.29, 0.717) is 5.56 Å². The van der Waals surface area contributed by atoms with Crippen molar-refractivity contribution in [1.82, 2.24) is 4.98 Å². The van der Waals surface area contributed by atoms with Crippen LogP contribution in [0.15, 0.2) is 30.5 Å². The molecule has 14 heavy (non-hydrogen) atoms. The number of rotatable bonds is 3. The van der Waals surface area contributed by atoms with Crippen LogP contribution >= 0.6 is 11.6 Å². The molecule has 1 aromatic rings. The van der Waals surface area contributed by atoms with E-state index in [0.717, 1.165) is 0 Å². The summed E-state index contributed by atoms with van der Waals surface area (Å²) in [4.78, 5) is 15.1. The van der Waals surface area contributed by atoms with Crippen molar-refractivity contribution in [2.24, 2.45) is 0 Å². The summed E-state index contributed by atoms with van der Waals surface area (Å²) >= 11 is 5.70. The van der Waals surface area contributed by atoms with Crippen molar-refractivity contribution in [1.29, 1.82) is 0 Å². The van der Waals surface area contributed by atoms with Crippen LogP contribution in [-0.2, 0) is 4.74 Å². The number of carbonyl (C=O) groups is 1. The zero-order chi connectivity index (χ0) is 10.4. The van der Waals surface area contributed by atoms with Crippen molar-refractivity contribution in [2.75, 3.05) is 6.61 Å². The summed E-state index contributed by atoms with van der Waals surface area (Å²) in [5.74, 6) is -0.457. The monoisotopic (exact) mass is 211 g/mol. The van der Waals surface area contributed by atoms with Crippen LogP contribution in [-0.4, -0.2) is 17.6 Å². The first-order chi connectivity index (χ1) is 6.75. The molecular formula is C10H10ClNO2. The lowest BCUT2D eigenvalue weighted by molar-refractivity contribution is 0.0549. The van der Waals surface area contributed by atoms with E-state index in [4.69, 9.17) is 16.3 Å². The second kappa shape index (κ2) is 5.40. The molecule has 1 rings (SSSR count). The Labute approximate surface area is 87.4 Å². The van der Waals surface area contributed by atoms with Gasteiger partial charge in [0.25, 0.3) is 0 Å². The van der Waals surface area contributed by atoms with Crippen LogP contribution in [0, 0.1) is 0 Å². The van der Waals surface area contributed by atoms with Crippen LogP contribution in [0.5, 0.6) is 0 Å². The molecule has 4 heteroatoms.